The molecule has 2 aliphatic rings. The molecule has 0 radical (unpaired) electrons. The zero-order valence-electron chi connectivity index (χ0n) is 12.2. The Morgan fingerprint density at radius 1 is 1.33 bits per heavy atom. The van der Waals surface area contributed by atoms with Gasteiger partial charge in [-0.25, -0.2) is 4.79 Å². The van der Waals surface area contributed by atoms with Gasteiger partial charge >= 0.3 is 12.2 Å². The summed E-state index contributed by atoms with van der Waals surface area (Å²) in [7, 11) is 1.56. The van der Waals surface area contributed by atoms with Crippen LogP contribution in [0.2, 0.25) is 0 Å². The zero-order valence-corrected chi connectivity index (χ0v) is 12.2. The second-order valence-electron chi connectivity index (χ2n) is 6.34. The summed E-state index contributed by atoms with van der Waals surface area (Å²) in [5, 5.41) is 12.5. The minimum Gasteiger partial charge on any atom is -0.391 e. The molecule has 3 unspecified atom stereocenters. The molecule has 7 heteroatoms. The van der Waals surface area contributed by atoms with Crippen molar-refractivity contribution in [2.45, 2.75) is 56.8 Å². The lowest BCUT2D eigenvalue weighted by molar-refractivity contribution is -0.183. The van der Waals surface area contributed by atoms with E-state index in [1.165, 1.54) is 4.90 Å². The van der Waals surface area contributed by atoms with Gasteiger partial charge in [0, 0.05) is 19.6 Å². The maximum absolute atomic E-state index is 12.7. The van der Waals surface area contributed by atoms with Gasteiger partial charge in [-0.2, -0.15) is 13.2 Å². The molecule has 2 amide bonds. The molecule has 0 bridgehead atoms. The lowest BCUT2D eigenvalue weighted by Gasteiger charge is -2.32. The Labute approximate surface area is 122 Å². The van der Waals surface area contributed by atoms with Gasteiger partial charge in [0.25, 0.3) is 0 Å². The summed E-state index contributed by atoms with van der Waals surface area (Å²) in [5.41, 5.74) is 0. The summed E-state index contributed by atoms with van der Waals surface area (Å²) < 4.78 is 38.2. The fourth-order valence-corrected chi connectivity index (χ4v) is 2.90. The highest BCUT2D eigenvalue weighted by molar-refractivity contribution is 5.74. The molecule has 2 aliphatic carbocycles. The molecule has 2 saturated carbocycles. The van der Waals surface area contributed by atoms with Crippen LogP contribution >= 0.6 is 0 Å². The number of carbonyl (C=O) groups excluding carboxylic acids is 1. The number of nitrogens with one attached hydrogen (secondary N) is 1. The fourth-order valence-electron chi connectivity index (χ4n) is 2.90. The van der Waals surface area contributed by atoms with E-state index in [-0.39, 0.29) is 25.3 Å². The van der Waals surface area contributed by atoms with Gasteiger partial charge in [-0.05, 0) is 38.0 Å². The molecule has 2 rings (SSSR count). The Bertz CT molecular complexity index is 372. The molecule has 0 aliphatic heterocycles. The van der Waals surface area contributed by atoms with Crippen molar-refractivity contribution in [3.63, 3.8) is 0 Å². The molecule has 0 aromatic rings. The van der Waals surface area contributed by atoms with Gasteiger partial charge in [0.05, 0.1) is 12.0 Å². The third kappa shape index (κ3) is 4.76. The largest absolute Gasteiger partial charge is 0.391 e. The summed E-state index contributed by atoms with van der Waals surface area (Å²) in [6.07, 6.45) is -1.60. The van der Waals surface area contributed by atoms with Gasteiger partial charge < -0.3 is 15.3 Å². The Kier molecular flexibility index (Phi) is 5.01. The summed E-state index contributed by atoms with van der Waals surface area (Å²) in [6.45, 7) is 0.228. The third-order valence-electron chi connectivity index (χ3n) is 4.44. The van der Waals surface area contributed by atoms with Crippen LogP contribution in [0.15, 0.2) is 0 Å². The van der Waals surface area contributed by atoms with Gasteiger partial charge in [0.15, 0.2) is 0 Å². The van der Waals surface area contributed by atoms with Gasteiger partial charge in [-0.15, -0.1) is 0 Å². The predicted octanol–water partition coefficient (Wildman–Crippen LogP) is 2.52. The highest BCUT2D eigenvalue weighted by Gasteiger charge is 2.42. The second kappa shape index (κ2) is 6.42. The van der Waals surface area contributed by atoms with Crippen molar-refractivity contribution in [1.29, 1.82) is 0 Å². The van der Waals surface area contributed by atoms with Crippen LogP contribution in [0, 0.1) is 11.8 Å². The van der Waals surface area contributed by atoms with Crippen molar-refractivity contribution in [2.75, 3.05) is 13.6 Å². The number of aliphatic hydroxyl groups excluding tert-OH is 1. The maximum atomic E-state index is 12.7. The third-order valence-corrected chi connectivity index (χ3v) is 4.44. The number of carbonyl (C=O) groups is 1. The SMILES string of the molecule is CN(CC(O)C1CC1)C(=O)NC1CCCC(C(F)(F)F)C1. The highest BCUT2D eigenvalue weighted by atomic mass is 19.4. The second-order valence-corrected chi connectivity index (χ2v) is 6.34. The molecule has 2 fully saturated rings. The molecule has 0 heterocycles. The normalized spacial score (nSPS) is 28.0. The van der Waals surface area contributed by atoms with Gasteiger partial charge in [0.1, 0.15) is 0 Å². The average Bonchev–Trinajstić information content (AvgIpc) is 3.22. The van der Waals surface area contributed by atoms with E-state index < -0.39 is 30.3 Å². The monoisotopic (exact) mass is 308 g/mol. The molecule has 0 aromatic carbocycles. The minimum absolute atomic E-state index is 0.0474. The number of amides is 2. The van der Waals surface area contributed by atoms with Crippen molar-refractivity contribution in [3.8, 4) is 0 Å². The quantitative estimate of drug-likeness (QED) is 0.838. The van der Waals surface area contributed by atoms with Crippen LogP contribution in [0.25, 0.3) is 0 Å². The van der Waals surface area contributed by atoms with E-state index >= 15 is 0 Å². The van der Waals surface area contributed by atoms with Crippen molar-refractivity contribution in [2.24, 2.45) is 11.8 Å². The number of urea groups is 1. The van der Waals surface area contributed by atoms with Crippen molar-refractivity contribution in [3.05, 3.63) is 0 Å². The first kappa shape index (κ1) is 16.4. The molecule has 122 valence electrons. The van der Waals surface area contributed by atoms with Crippen LogP contribution < -0.4 is 5.32 Å². The Balaban J connectivity index is 1.78. The number of rotatable bonds is 4. The zero-order chi connectivity index (χ0) is 15.6. The van der Waals surface area contributed by atoms with Crippen molar-refractivity contribution >= 4 is 6.03 Å². The molecular weight excluding hydrogens is 285 g/mol. The molecule has 21 heavy (non-hydrogen) atoms. The Morgan fingerprint density at radius 3 is 2.57 bits per heavy atom. The first-order chi connectivity index (χ1) is 9.77. The number of alkyl halides is 3. The standard InChI is InChI=1S/C14H23F3N2O2/c1-19(8-12(20)9-5-6-9)13(21)18-11-4-2-3-10(7-11)14(15,16)17/h9-12,20H,2-8H2,1H3,(H,18,21). The van der Waals surface area contributed by atoms with Crippen LogP contribution in [-0.2, 0) is 0 Å². The summed E-state index contributed by atoms with van der Waals surface area (Å²) >= 11 is 0. The fraction of sp³-hybridized carbons (Fsp3) is 0.929. The summed E-state index contributed by atoms with van der Waals surface area (Å²) in [5.74, 6) is -1.05. The molecule has 0 saturated heterocycles. The van der Waals surface area contributed by atoms with E-state index in [9.17, 15) is 23.1 Å². The number of aliphatic hydroxyl groups is 1. The van der Waals surface area contributed by atoms with E-state index in [0.717, 1.165) is 12.8 Å². The molecule has 2 N–H and O–H groups in total. The Morgan fingerprint density at radius 2 is 2.00 bits per heavy atom. The number of hydrogen-bond donors (Lipinski definition) is 2. The van der Waals surface area contributed by atoms with E-state index in [2.05, 4.69) is 5.32 Å². The van der Waals surface area contributed by atoms with Crippen LogP contribution in [0.5, 0.6) is 0 Å². The smallest absolute Gasteiger partial charge is 0.391 e. The minimum atomic E-state index is -4.18. The number of hydrogen-bond acceptors (Lipinski definition) is 2. The molecule has 0 spiro atoms. The number of nitrogens with zero attached hydrogens (tertiary/aromatic N) is 1. The van der Waals surface area contributed by atoms with Gasteiger partial charge in [-0.1, -0.05) is 6.42 Å². The molecule has 0 aromatic heterocycles. The lowest BCUT2D eigenvalue weighted by Crippen LogP contribution is -2.48. The molecule has 4 nitrogen and oxygen atoms in total. The van der Waals surface area contributed by atoms with Crippen molar-refractivity contribution < 1.29 is 23.1 Å². The molecule has 3 atom stereocenters. The van der Waals surface area contributed by atoms with E-state index in [4.69, 9.17) is 0 Å². The van der Waals surface area contributed by atoms with Gasteiger partial charge in [-0.3, -0.25) is 0 Å². The number of likely N-dealkylation sites (N-methyl/N-ethyl adjacent to an activating group) is 1. The first-order valence-electron chi connectivity index (χ1n) is 7.53. The van der Waals surface area contributed by atoms with Crippen LogP contribution in [0.4, 0.5) is 18.0 Å². The average molecular weight is 308 g/mol. The summed E-state index contributed by atoms with van der Waals surface area (Å²) in [6, 6.07) is -0.832. The summed E-state index contributed by atoms with van der Waals surface area (Å²) in [4.78, 5) is 13.3. The molecular formula is C14H23F3N2O2. The Hall–Kier alpha value is -0.980. The topological polar surface area (TPSA) is 52.6 Å². The van der Waals surface area contributed by atoms with E-state index in [0.29, 0.717) is 12.8 Å². The highest BCUT2D eigenvalue weighted by Crippen LogP contribution is 2.37. The van der Waals surface area contributed by atoms with Crippen molar-refractivity contribution in [1.82, 2.24) is 10.2 Å². The lowest BCUT2D eigenvalue weighted by atomic mass is 9.85. The number of halogens is 3. The first-order valence-corrected chi connectivity index (χ1v) is 7.53. The van der Waals surface area contributed by atoms with Crippen LogP contribution in [0.3, 0.4) is 0 Å². The predicted molar refractivity (Wildman–Crippen MR) is 71.7 cm³/mol. The maximum Gasteiger partial charge on any atom is 0.391 e. The van der Waals surface area contributed by atoms with E-state index in [1.54, 1.807) is 7.05 Å². The van der Waals surface area contributed by atoms with E-state index in [1.807, 2.05) is 0 Å². The van der Waals surface area contributed by atoms with Gasteiger partial charge in [0.2, 0.25) is 0 Å². The van der Waals surface area contributed by atoms with Crippen LogP contribution in [0.1, 0.15) is 38.5 Å². The van der Waals surface area contributed by atoms with Crippen LogP contribution in [-0.4, -0.2) is 48.0 Å².